The Labute approximate surface area is 405 Å². The second-order valence-electron chi connectivity index (χ2n) is 14.1. The van der Waals surface area contributed by atoms with Crippen molar-refractivity contribution in [3.8, 4) is 67.3 Å². The van der Waals surface area contributed by atoms with Gasteiger partial charge in [-0.25, -0.2) is 4.98 Å². The summed E-state index contributed by atoms with van der Waals surface area (Å²) < 4.78 is 282. The molecule has 0 unspecified atom stereocenters. The smallest absolute Gasteiger partial charge is 0.143 e. The van der Waals surface area contributed by atoms with Gasteiger partial charge >= 0.3 is 0 Å². The molecule has 10 aromatic carbocycles. The third kappa shape index (κ3) is 5.60. The zero-order valence-electron chi connectivity index (χ0n) is 61.8. The SMILES string of the molecule is [2H]c1nc2c(c([2H])c1[2H])c([2H])c([2H])c1c([2H])c([2H])c(-c3ccc(-c4c([2H])c([2H])c([2H])c(-c5c(-c6c([2H])c([2H])c([2H])c([2H])c6[2H])oc(-c6c([2H])c([2H])c7c([2H])c([2H])c8c([2H])c([2H])c([2H])c9c([2H])c([2H])c6c7c89)c5-c5c([2H])c([2H])c([2H])c([2H])c5[2H])c4[2H])c4ccccc34)nc12. The Morgan fingerprint density at radius 1 is 0.381 bits per heavy atom. The highest BCUT2D eigenvalue weighted by molar-refractivity contribution is 6.26. The van der Waals surface area contributed by atoms with Crippen LogP contribution in [0.5, 0.6) is 0 Å². The molecule has 0 saturated heterocycles. The molecule has 0 N–H and O–H groups in total. The van der Waals surface area contributed by atoms with E-state index in [1.54, 1.807) is 6.07 Å². The summed E-state index contributed by atoms with van der Waals surface area (Å²) in [5.41, 5.74) is -6.47. The Hall–Kier alpha value is -8.40. The standard InChI is InChI=1S/C60H36N2O/c1-3-12-37(13-4-1)55-56(59(43-14-5-2-6-15-43)63-60(55)51-31-28-40-24-23-38-16-9-17-39-27-30-50(51)54(40)53(38)39)45-19-10-18-44(36-45)46-32-33-49(48-22-8-7-21-47(46)48)52-34-29-42-26-25-41-20-11-35-61-57(41)58(42)62-52/h1-36H/i1D,2D,3D,4D,5D,6D,9D,10D,11D,12D,13D,14D,15D,16D,17D,18D,19D,20D,23D,24D,25D,26D,27D,28D,29D,30D,31D,34D,35D,36D. The van der Waals surface area contributed by atoms with Gasteiger partial charge in [-0.15, -0.1) is 0 Å². The fourth-order valence-electron chi connectivity index (χ4n) is 8.00. The molecule has 13 rings (SSSR count). The van der Waals surface area contributed by atoms with E-state index in [2.05, 4.69) is 4.98 Å². The molecule has 0 fully saturated rings. The van der Waals surface area contributed by atoms with Crippen LogP contribution in [-0.2, 0) is 0 Å². The number of pyridine rings is 2. The van der Waals surface area contributed by atoms with Gasteiger partial charge in [-0.1, -0.05) is 187 Å². The topological polar surface area (TPSA) is 38.9 Å². The van der Waals surface area contributed by atoms with Crippen molar-refractivity contribution in [3.05, 3.63) is 218 Å². The fraction of sp³-hybridized carbons (Fsp3) is 0. The molecule has 0 aliphatic carbocycles. The minimum Gasteiger partial charge on any atom is -0.455 e. The maximum atomic E-state index is 10.4. The highest BCUT2D eigenvalue weighted by Crippen LogP contribution is 2.51. The van der Waals surface area contributed by atoms with E-state index in [0.29, 0.717) is 0 Å². The molecule has 3 heterocycles. The molecule has 0 saturated carbocycles. The molecule has 63 heavy (non-hydrogen) atoms. The van der Waals surface area contributed by atoms with Crippen LogP contribution in [0.4, 0.5) is 0 Å². The Bertz CT molecular complexity index is 5620. The van der Waals surface area contributed by atoms with Crippen LogP contribution in [-0.4, -0.2) is 9.97 Å². The lowest BCUT2D eigenvalue weighted by molar-refractivity contribution is 0.599. The van der Waals surface area contributed by atoms with E-state index >= 15 is 0 Å². The zero-order valence-corrected chi connectivity index (χ0v) is 31.8. The molecule has 0 amide bonds. The predicted octanol–water partition coefficient (Wildman–Crippen LogP) is 16.4. The summed E-state index contributed by atoms with van der Waals surface area (Å²) in [6.45, 7) is 0. The summed E-state index contributed by atoms with van der Waals surface area (Å²) in [7, 11) is 0. The minimum absolute atomic E-state index is 0.0824. The number of fused-ring (bicyclic) bond motifs is 4. The van der Waals surface area contributed by atoms with Gasteiger partial charge in [-0.05, 0) is 89.5 Å². The van der Waals surface area contributed by atoms with Gasteiger partial charge in [0.25, 0.3) is 0 Å². The van der Waals surface area contributed by atoms with E-state index < -0.39 is 259 Å². The minimum atomic E-state index is -1.08. The van der Waals surface area contributed by atoms with Crippen molar-refractivity contribution in [1.82, 2.24) is 9.97 Å². The Morgan fingerprint density at radius 2 is 0.968 bits per heavy atom. The van der Waals surface area contributed by atoms with Crippen LogP contribution >= 0.6 is 0 Å². The van der Waals surface area contributed by atoms with Crippen LogP contribution in [0.1, 0.15) is 41.1 Å². The van der Waals surface area contributed by atoms with E-state index in [0.717, 1.165) is 0 Å². The van der Waals surface area contributed by atoms with E-state index in [9.17, 15) is 20.6 Å². The van der Waals surface area contributed by atoms with E-state index in [4.69, 9.17) is 30.0 Å². The molecule has 0 atom stereocenters. The number of rotatable bonds is 6. The first-order chi connectivity index (χ1) is 43.7. The molecule has 13 aromatic rings. The maximum Gasteiger partial charge on any atom is 0.143 e. The second-order valence-corrected chi connectivity index (χ2v) is 14.1. The number of nitrogens with zero attached hydrogens (tertiary/aromatic N) is 2. The van der Waals surface area contributed by atoms with Crippen molar-refractivity contribution in [1.29, 1.82) is 0 Å². The summed E-state index contributed by atoms with van der Waals surface area (Å²) in [4.78, 5) is 8.84. The van der Waals surface area contributed by atoms with Crippen LogP contribution in [0.25, 0.3) is 132 Å². The molecule has 3 heteroatoms. The lowest BCUT2D eigenvalue weighted by atomic mass is 9.87. The zero-order chi connectivity index (χ0) is 67.5. The van der Waals surface area contributed by atoms with Gasteiger partial charge in [0.15, 0.2) is 0 Å². The van der Waals surface area contributed by atoms with Gasteiger partial charge < -0.3 is 4.42 Å². The van der Waals surface area contributed by atoms with Crippen LogP contribution in [0.2, 0.25) is 0 Å². The van der Waals surface area contributed by atoms with Gasteiger partial charge in [0, 0.05) is 44.8 Å². The average Bonchev–Trinajstić information content (AvgIpc) is 1.52. The lowest BCUT2D eigenvalue weighted by Crippen LogP contribution is -1.91. The van der Waals surface area contributed by atoms with Gasteiger partial charge in [0.05, 0.1) is 57.9 Å². The number of benzene rings is 10. The van der Waals surface area contributed by atoms with Crippen LogP contribution in [0.3, 0.4) is 0 Å². The third-order valence-corrected chi connectivity index (χ3v) is 10.7. The van der Waals surface area contributed by atoms with Crippen LogP contribution < -0.4 is 0 Å². The normalized spacial score (nSPS) is 18.5. The summed E-state index contributed by atoms with van der Waals surface area (Å²) in [6.07, 6.45) is -0.674. The van der Waals surface area contributed by atoms with Gasteiger partial charge in [-0.2, -0.15) is 0 Å². The summed E-state index contributed by atoms with van der Waals surface area (Å²) in [5, 5.41) is -3.27. The fourth-order valence-corrected chi connectivity index (χ4v) is 8.00. The van der Waals surface area contributed by atoms with Crippen molar-refractivity contribution in [2.24, 2.45) is 0 Å². The van der Waals surface area contributed by atoms with E-state index in [1.807, 2.05) is 0 Å². The quantitative estimate of drug-likeness (QED) is 0.157. The first-order valence-corrected chi connectivity index (χ1v) is 19.0. The molecule has 292 valence electrons. The van der Waals surface area contributed by atoms with Gasteiger partial charge in [-0.3, -0.25) is 4.98 Å². The van der Waals surface area contributed by atoms with E-state index in [-0.39, 0.29) is 54.8 Å². The van der Waals surface area contributed by atoms with Crippen molar-refractivity contribution in [3.63, 3.8) is 0 Å². The second kappa shape index (κ2) is 14.1. The largest absolute Gasteiger partial charge is 0.455 e. The average molecular weight is 831 g/mol. The monoisotopic (exact) mass is 830 g/mol. The number of hydrogen-bond acceptors (Lipinski definition) is 3. The number of hydrogen-bond donors (Lipinski definition) is 0. The number of aromatic nitrogens is 2. The molecule has 0 spiro atoms. The highest BCUT2D eigenvalue weighted by atomic mass is 16.3. The van der Waals surface area contributed by atoms with Crippen molar-refractivity contribution < 1.29 is 45.5 Å². The Balaban J connectivity index is 1.22. The molecule has 0 bridgehead atoms. The van der Waals surface area contributed by atoms with Crippen molar-refractivity contribution in [2.45, 2.75) is 0 Å². The number of furan rings is 1. The lowest BCUT2D eigenvalue weighted by Gasteiger charge is -2.15. The molecular weight excluding hydrogens is 765 g/mol. The Kier molecular flexibility index (Phi) is 3.76. The van der Waals surface area contributed by atoms with Gasteiger partial charge in [0.1, 0.15) is 11.5 Å². The highest BCUT2D eigenvalue weighted by Gasteiger charge is 2.27. The van der Waals surface area contributed by atoms with Gasteiger partial charge in [0.2, 0.25) is 0 Å². The molecule has 3 nitrogen and oxygen atoms in total. The predicted molar refractivity (Wildman–Crippen MR) is 263 cm³/mol. The van der Waals surface area contributed by atoms with Crippen molar-refractivity contribution in [2.75, 3.05) is 0 Å². The maximum absolute atomic E-state index is 10.4. The molecule has 3 aromatic heterocycles. The summed E-state index contributed by atoms with van der Waals surface area (Å²) >= 11 is 0. The first-order valence-electron chi connectivity index (χ1n) is 34.0. The Morgan fingerprint density at radius 3 is 1.78 bits per heavy atom. The summed E-state index contributed by atoms with van der Waals surface area (Å²) in [5.74, 6) is -1.93. The van der Waals surface area contributed by atoms with E-state index in [1.165, 1.54) is 30.3 Å². The van der Waals surface area contributed by atoms with Crippen molar-refractivity contribution >= 4 is 64.9 Å². The first kappa shape index (κ1) is 16.8. The van der Waals surface area contributed by atoms with Crippen LogP contribution in [0.15, 0.2) is 222 Å². The molecule has 0 radical (unpaired) electrons. The molecule has 0 aliphatic rings. The van der Waals surface area contributed by atoms with Crippen LogP contribution in [0, 0.1) is 0 Å². The molecular formula is C60H36N2O. The summed E-state index contributed by atoms with van der Waals surface area (Å²) in [6, 6.07) is -16.5. The third-order valence-electron chi connectivity index (χ3n) is 10.7. The molecule has 0 aliphatic heterocycles.